The average Bonchev–Trinajstić information content (AvgIpc) is 2.77. The number of hydrogen-bond donors (Lipinski definition) is 2. The highest BCUT2D eigenvalue weighted by Gasteiger charge is 2.01. The molecule has 4 nitrogen and oxygen atoms in total. The van der Waals surface area contributed by atoms with Gasteiger partial charge in [0.25, 0.3) is 0 Å². The smallest absolute Gasteiger partial charge is 0.113 e. The maximum Gasteiger partial charge on any atom is 0.113 e. The molecule has 6 heteroatoms. The highest BCUT2D eigenvalue weighted by Crippen LogP contribution is 2.17. The van der Waals surface area contributed by atoms with Gasteiger partial charge in [0.1, 0.15) is 9.34 Å². The number of aromatic nitrogens is 3. The minimum Gasteiger partial charge on any atom is -0.306 e. The van der Waals surface area contributed by atoms with Crippen molar-refractivity contribution in [3.8, 4) is 0 Å². The van der Waals surface area contributed by atoms with E-state index in [1.165, 1.54) is 16.9 Å². The van der Waals surface area contributed by atoms with E-state index >= 15 is 0 Å². The second kappa shape index (κ2) is 4.74. The van der Waals surface area contributed by atoms with Crippen molar-refractivity contribution in [1.29, 1.82) is 0 Å². The van der Waals surface area contributed by atoms with Crippen molar-refractivity contribution in [1.82, 2.24) is 20.5 Å². The molecule has 2 aromatic heterocycles. The number of halogens is 1. The Kier molecular flexibility index (Phi) is 3.35. The van der Waals surface area contributed by atoms with Gasteiger partial charge in [0.05, 0.1) is 12.4 Å². The van der Waals surface area contributed by atoms with Crippen molar-refractivity contribution in [2.45, 2.75) is 20.0 Å². The first kappa shape index (κ1) is 10.6. The second-order valence-electron chi connectivity index (χ2n) is 3.18. The number of thiazole rings is 1. The van der Waals surface area contributed by atoms with Crippen molar-refractivity contribution in [2.75, 3.05) is 0 Å². The van der Waals surface area contributed by atoms with Crippen LogP contribution in [0, 0.1) is 6.92 Å². The molecule has 0 unspecified atom stereocenters. The zero-order valence-electron chi connectivity index (χ0n) is 8.25. The molecule has 80 valence electrons. The molecule has 0 atom stereocenters. The van der Waals surface area contributed by atoms with Gasteiger partial charge in [-0.2, -0.15) is 5.10 Å². The molecule has 0 aromatic carbocycles. The topological polar surface area (TPSA) is 53.6 Å². The van der Waals surface area contributed by atoms with Gasteiger partial charge in [-0.1, -0.05) is 11.6 Å². The van der Waals surface area contributed by atoms with Crippen molar-refractivity contribution in [3.63, 3.8) is 0 Å². The number of rotatable bonds is 4. The van der Waals surface area contributed by atoms with E-state index in [0.29, 0.717) is 0 Å². The van der Waals surface area contributed by atoms with E-state index in [2.05, 4.69) is 20.5 Å². The largest absolute Gasteiger partial charge is 0.306 e. The number of nitrogens with zero attached hydrogens (tertiary/aromatic N) is 2. The quantitative estimate of drug-likeness (QED) is 0.864. The van der Waals surface area contributed by atoms with Gasteiger partial charge in [0.15, 0.2) is 0 Å². The monoisotopic (exact) mass is 242 g/mol. The lowest BCUT2D eigenvalue weighted by atomic mass is 10.3. The normalized spacial score (nSPS) is 10.8. The second-order valence-corrected chi connectivity index (χ2v) is 4.93. The summed E-state index contributed by atoms with van der Waals surface area (Å²) in [5, 5.41) is 11.1. The number of hydrogen-bond acceptors (Lipinski definition) is 4. The molecule has 0 saturated heterocycles. The molecular weight excluding hydrogens is 232 g/mol. The molecule has 0 amide bonds. The molecule has 0 saturated carbocycles. The van der Waals surface area contributed by atoms with Crippen molar-refractivity contribution >= 4 is 22.9 Å². The molecule has 0 aliphatic carbocycles. The molecule has 2 N–H and O–H groups in total. The Morgan fingerprint density at radius 1 is 1.47 bits per heavy atom. The van der Waals surface area contributed by atoms with Crippen LogP contribution in [0.1, 0.15) is 16.3 Å². The number of H-pyrrole nitrogens is 1. The number of aromatic amines is 1. The van der Waals surface area contributed by atoms with Gasteiger partial charge >= 0.3 is 0 Å². The van der Waals surface area contributed by atoms with Gasteiger partial charge in [-0.3, -0.25) is 5.10 Å². The Morgan fingerprint density at radius 3 is 2.93 bits per heavy atom. The molecule has 2 aromatic rings. The lowest BCUT2D eigenvalue weighted by Gasteiger charge is -2.00. The predicted molar refractivity (Wildman–Crippen MR) is 61.0 cm³/mol. The Bertz CT molecular complexity index is 437. The van der Waals surface area contributed by atoms with Gasteiger partial charge in [-0.15, -0.1) is 11.3 Å². The third-order valence-corrected chi connectivity index (χ3v) is 3.17. The summed E-state index contributed by atoms with van der Waals surface area (Å²) in [5.74, 6) is 0. The van der Waals surface area contributed by atoms with Crippen molar-refractivity contribution < 1.29 is 0 Å². The van der Waals surface area contributed by atoms with Crippen LogP contribution in [0.4, 0.5) is 0 Å². The molecule has 0 radical (unpaired) electrons. The first-order valence-electron chi connectivity index (χ1n) is 4.55. The lowest BCUT2D eigenvalue weighted by Crippen LogP contribution is -2.12. The SMILES string of the molecule is Cc1[nH]ncc1CNCc1ncc(Cl)s1. The zero-order chi connectivity index (χ0) is 10.7. The summed E-state index contributed by atoms with van der Waals surface area (Å²) in [6, 6.07) is 0. The Balaban J connectivity index is 1.83. The van der Waals surface area contributed by atoms with Crippen LogP contribution in [0.5, 0.6) is 0 Å². The van der Waals surface area contributed by atoms with E-state index in [1.807, 2.05) is 13.1 Å². The standard InChI is InChI=1S/C9H11ClN4S/c1-6-7(3-13-14-6)2-11-5-9-12-4-8(10)15-9/h3-4,11H,2,5H2,1H3,(H,13,14). The summed E-state index contributed by atoms with van der Waals surface area (Å²) >= 11 is 7.27. The van der Waals surface area contributed by atoms with Crippen LogP contribution in [-0.4, -0.2) is 15.2 Å². The Hall–Kier alpha value is -0.910. The summed E-state index contributed by atoms with van der Waals surface area (Å²) in [5.41, 5.74) is 2.28. The van der Waals surface area contributed by atoms with Gasteiger partial charge < -0.3 is 5.32 Å². The van der Waals surface area contributed by atoms with E-state index in [4.69, 9.17) is 11.6 Å². The molecule has 2 rings (SSSR count). The van der Waals surface area contributed by atoms with E-state index < -0.39 is 0 Å². The lowest BCUT2D eigenvalue weighted by molar-refractivity contribution is 0.687. The predicted octanol–water partition coefficient (Wildman–Crippen LogP) is 2.12. The van der Waals surface area contributed by atoms with Crippen LogP contribution in [0.15, 0.2) is 12.4 Å². The summed E-state index contributed by atoms with van der Waals surface area (Å²) in [4.78, 5) is 4.16. The summed E-state index contributed by atoms with van der Waals surface area (Å²) in [6.07, 6.45) is 3.50. The van der Waals surface area contributed by atoms with Crippen LogP contribution >= 0.6 is 22.9 Å². The fraction of sp³-hybridized carbons (Fsp3) is 0.333. The maximum absolute atomic E-state index is 5.78. The molecule has 0 aliphatic heterocycles. The summed E-state index contributed by atoms with van der Waals surface area (Å²) in [7, 11) is 0. The Morgan fingerprint density at radius 2 is 2.33 bits per heavy atom. The average molecular weight is 243 g/mol. The minimum absolute atomic E-state index is 0.728. The van der Waals surface area contributed by atoms with Crippen LogP contribution in [0.2, 0.25) is 4.34 Å². The molecule has 15 heavy (non-hydrogen) atoms. The van der Waals surface area contributed by atoms with Gasteiger partial charge in [0, 0.05) is 24.3 Å². The van der Waals surface area contributed by atoms with E-state index in [0.717, 1.165) is 28.1 Å². The third kappa shape index (κ3) is 2.77. The third-order valence-electron chi connectivity index (χ3n) is 2.05. The molecule has 0 spiro atoms. The van der Waals surface area contributed by atoms with Crippen molar-refractivity contribution in [2.24, 2.45) is 0 Å². The van der Waals surface area contributed by atoms with Crippen LogP contribution in [0.25, 0.3) is 0 Å². The van der Waals surface area contributed by atoms with E-state index in [-0.39, 0.29) is 0 Å². The summed E-state index contributed by atoms with van der Waals surface area (Å²) < 4.78 is 0.728. The highest BCUT2D eigenvalue weighted by molar-refractivity contribution is 7.15. The minimum atomic E-state index is 0.728. The first-order chi connectivity index (χ1) is 7.25. The van der Waals surface area contributed by atoms with Gasteiger partial charge in [-0.25, -0.2) is 4.98 Å². The molecule has 2 heterocycles. The van der Waals surface area contributed by atoms with Crippen LogP contribution < -0.4 is 5.32 Å². The zero-order valence-corrected chi connectivity index (χ0v) is 9.82. The molecule has 0 fully saturated rings. The summed E-state index contributed by atoms with van der Waals surface area (Å²) in [6.45, 7) is 3.53. The molecular formula is C9H11ClN4S. The first-order valence-corrected chi connectivity index (χ1v) is 5.75. The fourth-order valence-corrected chi connectivity index (χ4v) is 2.15. The van der Waals surface area contributed by atoms with Gasteiger partial charge in [-0.05, 0) is 6.92 Å². The molecule has 0 aliphatic rings. The van der Waals surface area contributed by atoms with E-state index in [9.17, 15) is 0 Å². The van der Waals surface area contributed by atoms with E-state index in [1.54, 1.807) is 6.20 Å². The number of aryl methyl sites for hydroxylation is 1. The van der Waals surface area contributed by atoms with Gasteiger partial charge in [0.2, 0.25) is 0 Å². The molecule has 0 bridgehead atoms. The van der Waals surface area contributed by atoms with Crippen molar-refractivity contribution in [3.05, 3.63) is 33.0 Å². The highest BCUT2D eigenvalue weighted by atomic mass is 35.5. The Labute approximate surface area is 96.7 Å². The fourth-order valence-electron chi connectivity index (χ4n) is 1.23. The van der Waals surface area contributed by atoms with Crippen LogP contribution in [0.3, 0.4) is 0 Å². The number of nitrogens with one attached hydrogen (secondary N) is 2. The maximum atomic E-state index is 5.78. The van der Waals surface area contributed by atoms with Crippen LogP contribution in [-0.2, 0) is 13.1 Å².